The molecule has 0 bridgehead atoms. The van der Waals surface area contributed by atoms with Gasteiger partial charge in [0.15, 0.2) is 0 Å². The fourth-order valence-corrected chi connectivity index (χ4v) is 4.55. The number of carbonyl (C=O) groups is 1. The molecule has 9 heteroatoms. The van der Waals surface area contributed by atoms with Crippen molar-refractivity contribution in [2.24, 2.45) is 0 Å². The van der Waals surface area contributed by atoms with Gasteiger partial charge in [-0.3, -0.25) is 9.10 Å². The van der Waals surface area contributed by atoms with E-state index in [9.17, 15) is 13.2 Å². The van der Waals surface area contributed by atoms with E-state index in [2.05, 4.69) is 5.32 Å². The number of anilines is 1. The predicted molar refractivity (Wildman–Crippen MR) is 119 cm³/mol. The number of hydrogen-bond acceptors (Lipinski definition) is 5. The summed E-state index contributed by atoms with van der Waals surface area (Å²) in [6.45, 7) is 3.56. The molecule has 0 aliphatic heterocycles. The molecule has 0 aliphatic rings. The summed E-state index contributed by atoms with van der Waals surface area (Å²) in [6, 6.07) is 10.2. The Kier molecular flexibility index (Phi) is 7.97. The van der Waals surface area contributed by atoms with Crippen molar-refractivity contribution in [1.29, 1.82) is 0 Å². The normalized spacial score (nSPS) is 13.3. The van der Waals surface area contributed by atoms with Crippen LogP contribution in [0.1, 0.15) is 31.9 Å². The van der Waals surface area contributed by atoms with E-state index < -0.39 is 28.0 Å². The van der Waals surface area contributed by atoms with Crippen molar-refractivity contribution in [3.8, 4) is 11.5 Å². The Hall–Kier alpha value is -2.45. The lowest BCUT2D eigenvalue weighted by atomic mass is 10.1. The van der Waals surface area contributed by atoms with Gasteiger partial charge in [0, 0.05) is 10.6 Å². The van der Waals surface area contributed by atoms with Crippen LogP contribution in [-0.2, 0) is 14.8 Å². The average Bonchev–Trinajstić information content (AvgIpc) is 2.71. The lowest BCUT2D eigenvalue weighted by Gasteiger charge is -2.31. The topological polar surface area (TPSA) is 84.9 Å². The van der Waals surface area contributed by atoms with Gasteiger partial charge in [0.2, 0.25) is 15.9 Å². The zero-order valence-electron chi connectivity index (χ0n) is 17.7. The molecule has 0 radical (unpaired) electrons. The summed E-state index contributed by atoms with van der Waals surface area (Å²) in [6.07, 6.45) is 1.36. The van der Waals surface area contributed by atoms with Gasteiger partial charge in [-0.25, -0.2) is 8.42 Å². The Morgan fingerprint density at radius 1 is 1.13 bits per heavy atom. The van der Waals surface area contributed by atoms with Crippen molar-refractivity contribution in [1.82, 2.24) is 5.32 Å². The molecule has 0 spiro atoms. The van der Waals surface area contributed by atoms with Crippen molar-refractivity contribution in [3.63, 3.8) is 0 Å². The highest BCUT2D eigenvalue weighted by Gasteiger charge is 2.32. The lowest BCUT2D eigenvalue weighted by Crippen LogP contribution is -2.49. The Labute approximate surface area is 183 Å². The van der Waals surface area contributed by atoms with E-state index in [0.29, 0.717) is 22.2 Å². The van der Waals surface area contributed by atoms with Crippen LogP contribution in [0.4, 0.5) is 5.69 Å². The number of sulfonamides is 1. The summed E-state index contributed by atoms with van der Waals surface area (Å²) in [5, 5.41) is 3.38. The predicted octanol–water partition coefficient (Wildman–Crippen LogP) is 3.78. The van der Waals surface area contributed by atoms with Gasteiger partial charge in [0.25, 0.3) is 0 Å². The Bertz CT molecular complexity index is 979. The van der Waals surface area contributed by atoms with Crippen LogP contribution >= 0.6 is 11.6 Å². The maximum Gasteiger partial charge on any atom is 0.244 e. The number of hydrogen-bond donors (Lipinski definition) is 1. The molecule has 2 aromatic rings. The fraction of sp³-hybridized carbons (Fsp3) is 0.381. The number of amides is 1. The molecule has 0 aliphatic carbocycles. The van der Waals surface area contributed by atoms with Gasteiger partial charge < -0.3 is 14.8 Å². The van der Waals surface area contributed by atoms with E-state index in [1.807, 2.05) is 0 Å². The van der Waals surface area contributed by atoms with Crippen LogP contribution in [0.15, 0.2) is 42.5 Å². The van der Waals surface area contributed by atoms with Gasteiger partial charge in [-0.15, -0.1) is 0 Å². The SMILES string of the molecule is CC[C@@H](C(=O)N[C@H](C)c1cc(OC)ccc1OC)N(c1ccc(Cl)cc1)S(C)(=O)=O. The molecule has 7 nitrogen and oxygen atoms in total. The zero-order valence-corrected chi connectivity index (χ0v) is 19.3. The minimum atomic E-state index is -3.73. The fourth-order valence-electron chi connectivity index (χ4n) is 3.21. The molecule has 30 heavy (non-hydrogen) atoms. The third-order valence-electron chi connectivity index (χ3n) is 4.67. The van der Waals surface area contributed by atoms with Crippen LogP contribution in [0.3, 0.4) is 0 Å². The largest absolute Gasteiger partial charge is 0.497 e. The smallest absolute Gasteiger partial charge is 0.244 e. The molecule has 0 heterocycles. The van der Waals surface area contributed by atoms with Crippen molar-refractivity contribution >= 4 is 33.2 Å². The van der Waals surface area contributed by atoms with Crippen LogP contribution in [0.5, 0.6) is 11.5 Å². The highest BCUT2D eigenvalue weighted by Crippen LogP contribution is 2.30. The third kappa shape index (κ3) is 5.58. The first-order valence-corrected chi connectivity index (χ1v) is 11.6. The minimum Gasteiger partial charge on any atom is -0.497 e. The number of nitrogens with one attached hydrogen (secondary N) is 1. The Morgan fingerprint density at radius 2 is 1.77 bits per heavy atom. The van der Waals surface area contributed by atoms with Gasteiger partial charge >= 0.3 is 0 Å². The maximum atomic E-state index is 13.1. The number of ether oxygens (including phenoxy) is 2. The van der Waals surface area contributed by atoms with Crippen LogP contribution < -0.4 is 19.1 Å². The van der Waals surface area contributed by atoms with Crippen LogP contribution in [0.25, 0.3) is 0 Å². The van der Waals surface area contributed by atoms with Crippen LogP contribution in [0.2, 0.25) is 5.02 Å². The molecular weight excluding hydrogens is 428 g/mol. The molecule has 164 valence electrons. The summed E-state index contributed by atoms with van der Waals surface area (Å²) in [5.41, 5.74) is 1.09. The number of carbonyl (C=O) groups excluding carboxylic acids is 1. The first-order chi connectivity index (χ1) is 14.1. The summed E-state index contributed by atoms with van der Waals surface area (Å²) in [5.74, 6) is 0.794. The minimum absolute atomic E-state index is 0.281. The second-order valence-electron chi connectivity index (χ2n) is 6.80. The molecule has 1 N–H and O–H groups in total. The maximum absolute atomic E-state index is 13.1. The summed E-state index contributed by atoms with van der Waals surface area (Å²) in [4.78, 5) is 13.1. The molecule has 0 unspecified atom stereocenters. The highest BCUT2D eigenvalue weighted by molar-refractivity contribution is 7.92. The molecule has 2 rings (SSSR count). The standard InChI is InChI=1S/C21H27ClN2O5S/c1-6-19(24(30(5,26)27)16-9-7-15(22)8-10-16)21(25)23-14(2)18-13-17(28-3)11-12-20(18)29-4/h7-14,19H,6H2,1-5H3,(H,23,25)/t14-,19+/m1/s1. The van der Waals surface area contributed by atoms with E-state index in [-0.39, 0.29) is 6.42 Å². The van der Waals surface area contributed by atoms with Gasteiger partial charge in [-0.1, -0.05) is 18.5 Å². The average molecular weight is 455 g/mol. The van der Waals surface area contributed by atoms with Crippen molar-refractivity contribution in [3.05, 3.63) is 53.1 Å². The summed E-state index contributed by atoms with van der Waals surface area (Å²) < 4.78 is 36.8. The van der Waals surface area contributed by atoms with E-state index in [1.165, 1.54) is 0 Å². The van der Waals surface area contributed by atoms with E-state index in [0.717, 1.165) is 16.1 Å². The van der Waals surface area contributed by atoms with Crippen molar-refractivity contribution < 1.29 is 22.7 Å². The molecular formula is C21H27ClN2O5S. The molecule has 1 amide bonds. The van der Waals surface area contributed by atoms with E-state index in [1.54, 1.807) is 70.5 Å². The van der Waals surface area contributed by atoms with Gasteiger partial charge in [0.1, 0.15) is 17.5 Å². The number of benzene rings is 2. The van der Waals surface area contributed by atoms with E-state index >= 15 is 0 Å². The molecule has 2 atom stereocenters. The van der Waals surface area contributed by atoms with Crippen molar-refractivity contribution in [2.45, 2.75) is 32.4 Å². The zero-order chi connectivity index (χ0) is 22.5. The Balaban J connectivity index is 2.35. The van der Waals surface area contributed by atoms with Crippen molar-refractivity contribution in [2.75, 3.05) is 24.8 Å². The lowest BCUT2D eigenvalue weighted by molar-refractivity contribution is -0.122. The second kappa shape index (κ2) is 10.0. The van der Waals surface area contributed by atoms with Gasteiger partial charge in [-0.05, 0) is 55.8 Å². The number of nitrogens with zero attached hydrogens (tertiary/aromatic N) is 1. The Morgan fingerprint density at radius 3 is 2.27 bits per heavy atom. The quantitative estimate of drug-likeness (QED) is 0.623. The first-order valence-electron chi connectivity index (χ1n) is 9.39. The number of halogens is 1. The monoisotopic (exact) mass is 454 g/mol. The molecule has 0 fully saturated rings. The van der Waals surface area contributed by atoms with Crippen LogP contribution in [0, 0.1) is 0 Å². The molecule has 0 saturated heterocycles. The van der Waals surface area contributed by atoms with Gasteiger partial charge in [-0.2, -0.15) is 0 Å². The second-order valence-corrected chi connectivity index (χ2v) is 9.09. The number of rotatable bonds is 9. The third-order valence-corrected chi connectivity index (χ3v) is 6.10. The van der Waals surface area contributed by atoms with E-state index in [4.69, 9.17) is 21.1 Å². The molecule has 0 aromatic heterocycles. The molecule has 0 saturated carbocycles. The molecule has 2 aromatic carbocycles. The highest BCUT2D eigenvalue weighted by atomic mass is 35.5. The summed E-state index contributed by atoms with van der Waals surface area (Å²) in [7, 11) is -0.630. The number of methoxy groups -OCH3 is 2. The van der Waals surface area contributed by atoms with Crippen LogP contribution in [-0.4, -0.2) is 40.8 Å². The first kappa shape index (κ1) is 23.8. The van der Waals surface area contributed by atoms with Gasteiger partial charge in [0.05, 0.1) is 32.2 Å². The summed E-state index contributed by atoms with van der Waals surface area (Å²) >= 11 is 5.93.